The van der Waals surface area contributed by atoms with Gasteiger partial charge in [-0.25, -0.2) is 0 Å². The highest BCUT2D eigenvalue weighted by molar-refractivity contribution is 8.00. The number of methoxy groups -OCH3 is 1. The van der Waals surface area contributed by atoms with Crippen LogP contribution in [-0.4, -0.2) is 33.0 Å². The highest BCUT2D eigenvalue weighted by atomic mass is 35.5. The molecule has 3 aromatic rings. The Hall–Kier alpha value is -2.51. The average molecular weight is 431 g/mol. The van der Waals surface area contributed by atoms with Crippen LogP contribution in [0.3, 0.4) is 0 Å². The second-order valence-corrected chi connectivity index (χ2v) is 8.54. The van der Waals surface area contributed by atoms with Gasteiger partial charge in [-0.15, -0.1) is 10.2 Å². The number of nitrogens with one attached hydrogen (secondary N) is 1. The fourth-order valence-corrected chi connectivity index (χ4v) is 3.91. The number of ether oxygens (including phenoxy) is 1. The van der Waals surface area contributed by atoms with Crippen molar-refractivity contribution in [2.24, 2.45) is 0 Å². The topological polar surface area (TPSA) is 69.0 Å². The molecule has 1 atom stereocenters. The number of aryl methyl sites for hydroxylation is 3. The van der Waals surface area contributed by atoms with Crippen LogP contribution < -0.4 is 10.1 Å². The minimum absolute atomic E-state index is 0.162. The lowest BCUT2D eigenvalue weighted by Crippen LogP contribution is -2.23. The maximum Gasteiger partial charge on any atom is 0.237 e. The van der Waals surface area contributed by atoms with Gasteiger partial charge < -0.3 is 10.1 Å². The summed E-state index contributed by atoms with van der Waals surface area (Å²) in [7, 11) is 1.54. The van der Waals surface area contributed by atoms with Gasteiger partial charge in [0.1, 0.15) is 12.1 Å². The Morgan fingerprint density at radius 3 is 2.66 bits per heavy atom. The minimum atomic E-state index is -0.399. The zero-order valence-corrected chi connectivity index (χ0v) is 18.6. The van der Waals surface area contributed by atoms with Gasteiger partial charge in [0, 0.05) is 11.1 Å². The average Bonchev–Trinajstić information content (AvgIpc) is 3.12. The molecule has 0 aliphatic rings. The number of amides is 1. The minimum Gasteiger partial charge on any atom is -0.495 e. The van der Waals surface area contributed by atoms with E-state index in [9.17, 15) is 4.79 Å². The Morgan fingerprint density at radius 1 is 1.21 bits per heavy atom. The van der Waals surface area contributed by atoms with E-state index in [-0.39, 0.29) is 5.91 Å². The summed E-state index contributed by atoms with van der Waals surface area (Å²) in [5, 5.41) is 12.0. The van der Waals surface area contributed by atoms with E-state index in [0.29, 0.717) is 21.6 Å². The summed E-state index contributed by atoms with van der Waals surface area (Å²) >= 11 is 7.49. The van der Waals surface area contributed by atoms with E-state index in [1.54, 1.807) is 25.6 Å². The summed E-state index contributed by atoms with van der Waals surface area (Å²) in [6, 6.07) is 9.68. The molecule has 152 valence electrons. The second kappa shape index (κ2) is 8.88. The first-order valence-electron chi connectivity index (χ1n) is 9.09. The van der Waals surface area contributed by atoms with Gasteiger partial charge in [0.25, 0.3) is 0 Å². The fourth-order valence-electron chi connectivity index (χ4n) is 2.92. The molecule has 29 heavy (non-hydrogen) atoms. The van der Waals surface area contributed by atoms with Crippen LogP contribution in [0.1, 0.15) is 23.6 Å². The van der Waals surface area contributed by atoms with E-state index >= 15 is 0 Å². The first kappa shape index (κ1) is 21.2. The van der Waals surface area contributed by atoms with Gasteiger partial charge in [-0.05, 0) is 51.0 Å². The number of halogens is 1. The predicted molar refractivity (Wildman–Crippen MR) is 118 cm³/mol. The molecule has 0 saturated heterocycles. The van der Waals surface area contributed by atoms with E-state index in [0.717, 1.165) is 16.8 Å². The second-order valence-electron chi connectivity index (χ2n) is 6.82. The van der Waals surface area contributed by atoms with Crippen molar-refractivity contribution in [2.45, 2.75) is 38.1 Å². The maximum absolute atomic E-state index is 12.8. The van der Waals surface area contributed by atoms with E-state index in [1.807, 2.05) is 37.5 Å². The van der Waals surface area contributed by atoms with E-state index in [4.69, 9.17) is 16.3 Å². The summed E-state index contributed by atoms with van der Waals surface area (Å²) in [4.78, 5) is 12.8. The number of hydrogen-bond acceptors (Lipinski definition) is 5. The van der Waals surface area contributed by atoms with Crippen molar-refractivity contribution in [3.63, 3.8) is 0 Å². The highest BCUT2D eigenvalue weighted by Crippen LogP contribution is 2.32. The maximum atomic E-state index is 12.8. The molecule has 1 amide bonds. The number of anilines is 1. The molecular formula is C21H23ClN4O2S. The first-order chi connectivity index (χ1) is 13.8. The largest absolute Gasteiger partial charge is 0.495 e. The molecule has 1 unspecified atom stereocenters. The van der Waals surface area contributed by atoms with Crippen LogP contribution in [0.25, 0.3) is 5.69 Å². The molecule has 0 spiro atoms. The first-order valence-corrected chi connectivity index (χ1v) is 10.3. The van der Waals surface area contributed by atoms with Crippen LogP contribution in [0.15, 0.2) is 41.8 Å². The van der Waals surface area contributed by atoms with Crippen molar-refractivity contribution in [3.8, 4) is 11.4 Å². The quantitative estimate of drug-likeness (QED) is 0.559. The van der Waals surface area contributed by atoms with Gasteiger partial charge in [0.2, 0.25) is 5.91 Å². The Bertz CT molecular complexity index is 1050. The van der Waals surface area contributed by atoms with Gasteiger partial charge in [0.05, 0.1) is 23.7 Å². The Kier molecular flexibility index (Phi) is 6.49. The number of nitrogens with zero attached hydrogens (tertiary/aromatic N) is 3. The summed E-state index contributed by atoms with van der Waals surface area (Å²) < 4.78 is 7.23. The van der Waals surface area contributed by atoms with Crippen LogP contribution >= 0.6 is 23.4 Å². The molecule has 3 rings (SSSR count). The molecule has 0 radical (unpaired) electrons. The van der Waals surface area contributed by atoms with E-state index in [1.165, 1.54) is 17.3 Å². The lowest BCUT2D eigenvalue weighted by molar-refractivity contribution is -0.115. The SMILES string of the molecule is COc1cc(Cl)c(C)cc1NC(=O)C(C)Sc1nncn1-c1ccc(C)cc1C. The Labute approximate surface area is 179 Å². The van der Waals surface area contributed by atoms with E-state index < -0.39 is 5.25 Å². The number of thioether (sulfide) groups is 1. The standard InChI is InChI=1S/C21H23ClN4O2S/c1-12-6-7-18(14(3)8-12)26-11-23-25-21(26)29-15(4)20(27)24-17-9-13(2)16(22)10-19(17)28-5/h6-11,15H,1-5H3,(H,24,27). The predicted octanol–water partition coefficient (Wildman–Crippen LogP) is 4.97. The molecule has 1 heterocycles. The summed E-state index contributed by atoms with van der Waals surface area (Å²) in [6.07, 6.45) is 1.66. The zero-order chi connectivity index (χ0) is 21.1. The van der Waals surface area contributed by atoms with Crippen molar-refractivity contribution in [3.05, 3.63) is 58.4 Å². The van der Waals surface area contributed by atoms with Gasteiger partial charge in [-0.2, -0.15) is 0 Å². The van der Waals surface area contributed by atoms with Gasteiger partial charge >= 0.3 is 0 Å². The molecule has 0 saturated carbocycles. The van der Waals surface area contributed by atoms with Crippen LogP contribution in [-0.2, 0) is 4.79 Å². The number of carbonyl (C=O) groups is 1. The van der Waals surface area contributed by atoms with Crippen molar-refractivity contribution in [2.75, 3.05) is 12.4 Å². The van der Waals surface area contributed by atoms with Gasteiger partial charge in [-0.1, -0.05) is 41.1 Å². The molecule has 0 bridgehead atoms. The van der Waals surface area contributed by atoms with E-state index in [2.05, 4.69) is 28.5 Å². The molecule has 8 heteroatoms. The third-order valence-electron chi connectivity index (χ3n) is 4.52. The highest BCUT2D eigenvalue weighted by Gasteiger charge is 2.20. The van der Waals surface area contributed by atoms with Crippen LogP contribution in [0.5, 0.6) is 5.75 Å². The number of aromatic nitrogens is 3. The van der Waals surface area contributed by atoms with Gasteiger partial charge in [-0.3, -0.25) is 9.36 Å². The number of rotatable bonds is 6. The number of benzene rings is 2. The fraction of sp³-hybridized carbons (Fsp3) is 0.286. The van der Waals surface area contributed by atoms with Crippen molar-refractivity contribution in [1.29, 1.82) is 0 Å². The molecule has 1 aromatic heterocycles. The molecule has 2 aromatic carbocycles. The summed E-state index contributed by atoms with van der Waals surface area (Å²) in [5.74, 6) is 0.356. The molecule has 0 aliphatic heterocycles. The number of carbonyl (C=O) groups excluding carboxylic acids is 1. The van der Waals surface area contributed by atoms with Crippen molar-refractivity contribution in [1.82, 2.24) is 14.8 Å². The van der Waals surface area contributed by atoms with Crippen LogP contribution in [0.2, 0.25) is 5.02 Å². The molecule has 1 N–H and O–H groups in total. The number of hydrogen-bond donors (Lipinski definition) is 1. The third-order valence-corrected chi connectivity index (χ3v) is 5.98. The normalized spacial score (nSPS) is 11.9. The monoisotopic (exact) mass is 430 g/mol. The molecule has 6 nitrogen and oxygen atoms in total. The summed E-state index contributed by atoms with van der Waals surface area (Å²) in [6.45, 7) is 7.80. The third kappa shape index (κ3) is 4.74. The zero-order valence-electron chi connectivity index (χ0n) is 17.0. The lowest BCUT2D eigenvalue weighted by Gasteiger charge is -2.16. The van der Waals surface area contributed by atoms with Gasteiger partial charge in [0.15, 0.2) is 5.16 Å². The lowest BCUT2D eigenvalue weighted by atomic mass is 10.1. The van der Waals surface area contributed by atoms with Crippen molar-refractivity contribution < 1.29 is 9.53 Å². The van der Waals surface area contributed by atoms with Crippen LogP contribution in [0, 0.1) is 20.8 Å². The summed E-state index contributed by atoms with van der Waals surface area (Å²) in [5.41, 5.74) is 4.74. The smallest absolute Gasteiger partial charge is 0.237 e. The Balaban J connectivity index is 1.78. The van der Waals surface area contributed by atoms with Crippen molar-refractivity contribution >= 4 is 35.0 Å². The Morgan fingerprint density at radius 2 is 1.97 bits per heavy atom. The van der Waals surface area contributed by atoms with Crippen LogP contribution in [0.4, 0.5) is 5.69 Å². The molecule has 0 aliphatic carbocycles. The molecular weight excluding hydrogens is 408 g/mol. The molecule has 0 fully saturated rings.